The molecule has 5 heteroatoms. The summed E-state index contributed by atoms with van der Waals surface area (Å²) in [5.74, 6) is 0.606. The number of carbonyl (C=O) groups excluding carboxylic acids is 1. The molecule has 1 N–H and O–H groups in total. The SMILES string of the molecule is COc1ccc(C(=O)C=CNc2ccc(Cl)c(Cl)c2)cc1. The molecule has 0 heterocycles. The normalized spacial score (nSPS) is 10.6. The van der Waals surface area contributed by atoms with E-state index in [-0.39, 0.29) is 5.78 Å². The predicted octanol–water partition coefficient (Wildman–Crippen LogP) is 4.81. The number of methoxy groups -OCH3 is 1. The van der Waals surface area contributed by atoms with Crippen molar-refractivity contribution in [2.75, 3.05) is 12.4 Å². The lowest BCUT2D eigenvalue weighted by molar-refractivity contribution is 0.104. The van der Waals surface area contributed by atoms with Crippen LogP contribution in [0.25, 0.3) is 0 Å². The Bertz CT molecular complexity index is 666. The minimum absolute atomic E-state index is 0.106. The van der Waals surface area contributed by atoms with E-state index in [0.29, 0.717) is 21.4 Å². The van der Waals surface area contributed by atoms with Crippen LogP contribution in [0.3, 0.4) is 0 Å². The van der Waals surface area contributed by atoms with Crippen LogP contribution in [0.1, 0.15) is 10.4 Å². The van der Waals surface area contributed by atoms with Gasteiger partial charge in [0.15, 0.2) is 5.78 Å². The van der Waals surface area contributed by atoms with Gasteiger partial charge in [0.05, 0.1) is 17.2 Å². The van der Waals surface area contributed by atoms with Gasteiger partial charge < -0.3 is 10.1 Å². The quantitative estimate of drug-likeness (QED) is 0.634. The maximum atomic E-state index is 11.9. The summed E-state index contributed by atoms with van der Waals surface area (Å²) >= 11 is 11.7. The molecule has 0 bridgehead atoms. The second-order valence-electron chi connectivity index (χ2n) is 4.20. The van der Waals surface area contributed by atoms with Gasteiger partial charge in [-0.1, -0.05) is 23.2 Å². The summed E-state index contributed by atoms with van der Waals surface area (Å²) < 4.78 is 5.04. The number of hydrogen-bond donors (Lipinski definition) is 1. The molecule has 0 unspecified atom stereocenters. The molecular weight excluding hydrogens is 309 g/mol. The van der Waals surface area contributed by atoms with Crippen LogP contribution in [0.15, 0.2) is 54.7 Å². The molecule has 0 aliphatic carbocycles. The van der Waals surface area contributed by atoms with Crippen LogP contribution in [-0.4, -0.2) is 12.9 Å². The second-order valence-corrected chi connectivity index (χ2v) is 5.01. The predicted molar refractivity (Wildman–Crippen MR) is 86.5 cm³/mol. The molecule has 0 radical (unpaired) electrons. The van der Waals surface area contributed by atoms with Crippen molar-refractivity contribution in [3.8, 4) is 5.75 Å². The third kappa shape index (κ3) is 4.25. The molecule has 2 aromatic rings. The van der Waals surface area contributed by atoms with Gasteiger partial charge in [0.1, 0.15) is 5.75 Å². The number of nitrogens with one attached hydrogen (secondary N) is 1. The zero-order valence-electron chi connectivity index (χ0n) is 11.3. The number of benzene rings is 2. The summed E-state index contributed by atoms with van der Waals surface area (Å²) in [6, 6.07) is 12.1. The van der Waals surface area contributed by atoms with Crippen molar-refractivity contribution >= 4 is 34.7 Å². The number of halogens is 2. The fourth-order valence-corrected chi connectivity index (χ4v) is 1.95. The van der Waals surface area contributed by atoms with Gasteiger partial charge >= 0.3 is 0 Å². The Hall–Kier alpha value is -1.97. The molecule has 3 nitrogen and oxygen atoms in total. The Kier molecular flexibility index (Phi) is 5.26. The van der Waals surface area contributed by atoms with Crippen molar-refractivity contribution in [1.82, 2.24) is 0 Å². The summed E-state index contributed by atoms with van der Waals surface area (Å²) in [7, 11) is 1.58. The fraction of sp³-hybridized carbons (Fsp3) is 0.0625. The fourth-order valence-electron chi connectivity index (χ4n) is 1.65. The first-order valence-corrected chi connectivity index (χ1v) is 6.92. The van der Waals surface area contributed by atoms with Crippen LogP contribution in [0.2, 0.25) is 10.0 Å². The molecule has 108 valence electrons. The number of ketones is 1. The number of carbonyl (C=O) groups is 1. The average molecular weight is 322 g/mol. The Labute approximate surface area is 133 Å². The maximum Gasteiger partial charge on any atom is 0.187 e. The van der Waals surface area contributed by atoms with Crippen LogP contribution < -0.4 is 10.1 Å². The molecular formula is C16H13Cl2NO2. The van der Waals surface area contributed by atoms with Gasteiger partial charge in [0, 0.05) is 23.5 Å². The molecule has 2 rings (SSSR count). The largest absolute Gasteiger partial charge is 0.497 e. The first kappa shape index (κ1) is 15.4. The molecule has 2 aromatic carbocycles. The Morgan fingerprint density at radius 3 is 2.43 bits per heavy atom. The number of anilines is 1. The van der Waals surface area contributed by atoms with E-state index >= 15 is 0 Å². The van der Waals surface area contributed by atoms with Crippen molar-refractivity contribution in [1.29, 1.82) is 0 Å². The van der Waals surface area contributed by atoms with E-state index < -0.39 is 0 Å². The summed E-state index contributed by atoms with van der Waals surface area (Å²) in [5, 5.41) is 3.91. The molecule has 0 fully saturated rings. The van der Waals surface area contributed by atoms with Crippen LogP contribution in [0.4, 0.5) is 5.69 Å². The third-order valence-corrected chi connectivity index (χ3v) is 3.52. The standard InChI is InChI=1S/C16H13Cl2NO2/c1-21-13-5-2-11(3-6-13)16(20)8-9-19-12-4-7-14(17)15(18)10-12/h2-10,19H,1H3. The van der Waals surface area contributed by atoms with Crippen LogP contribution in [0.5, 0.6) is 5.75 Å². The highest BCUT2D eigenvalue weighted by atomic mass is 35.5. The molecule has 21 heavy (non-hydrogen) atoms. The van der Waals surface area contributed by atoms with Gasteiger partial charge in [0.25, 0.3) is 0 Å². The Balaban J connectivity index is 1.99. The molecule has 0 saturated heterocycles. The van der Waals surface area contributed by atoms with Gasteiger partial charge in [0.2, 0.25) is 0 Å². The summed E-state index contributed by atoms with van der Waals surface area (Å²) in [5.41, 5.74) is 1.34. The molecule has 0 saturated carbocycles. The Morgan fingerprint density at radius 2 is 1.81 bits per heavy atom. The van der Waals surface area contributed by atoms with Gasteiger partial charge in [-0.05, 0) is 42.5 Å². The van der Waals surface area contributed by atoms with Crippen LogP contribution in [-0.2, 0) is 0 Å². The van der Waals surface area contributed by atoms with E-state index in [1.54, 1.807) is 55.8 Å². The summed E-state index contributed by atoms with van der Waals surface area (Å²) in [6.07, 6.45) is 3.01. The number of allylic oxidation sites excluding steroid dienone is 1. The van der Waals surface area contributed by atoms with Crippen molar-refractivity contribution in [2.24, 2.45) is 0 Å². The molecule has 0 spiro atoms. The van der Waals surface area contributed by atoms with E-state index in [9.17, 15) is 4.79 Å². The van der Waals surface area contributed by atoms with Crippen molar-refractivity contribution < 1.29 is 9.53 Å². The highest BCUT2D eigenvalue weighted by molar-refractivity contribution is 6.42. The first-order chi connectivity index (χ1) is 10.1. The lowest BCUT2D eigenvalue weighted by Crippen LogP contribution is -1.96. The smallest absolute Gasteiger partial charge is 0.187 e. The molecule has 0 aliphatic rings. The number of hydrogen-bond acceptors (Lipinski definition) is 3. The van der Waals surface area contributed by atoms with Gasteiger partial charge in [-0.25, -0.2) is 0 Å². The second kappa shape index (κ2) is 7.16. The first-order valence-electron chi connectivity index (χ1n) is 6.16. The summed E-state index contributed by atoms with van der Waals surface area (Å²) in [6.45, 7) is 0. The number of rotatable bonds is 5. The molecule has 0 aromatic heterocycles. The molecule has 0 amide bonds. The summed E-state index contributed by atoms with van der Waals surface area (Å²) in [4.78, 5) is 11.9. The van der Waals surface area contributed by atoms with Crippen molar-refractivity contribution in [3.05, 3.63) is 70.3 Å². The maximum absolute atomic E-state index is 11.9. The lowest BCUT2D eigenvalue weighted by Gasteiger charge is -2.03. The van der Waals surface area contributed by atoms with Crippen molar-refractivity contribution in [3.63, 3.8) is 0 Å². The Morgan fingerprint density at radius 1 is 1.10 bits per heavy atom. The topological polar surface area (TPSA) is 38.3 Å². The van der Waals surface area contributed by atoms with Crippen LogP contribution >= 0.6 is 23.2 Å². The molecule has 0 atom stereocenters. The highest BCUT2D eigenvalue weighted by Crippen LogP contribution is 2.24. The minimum Gasteiger partial charge on any atom is -0.497 e. The van der Waals surface area contributed by atoms with Crippen LogP contribution in [0, 0.1) is 0 Å². The van der Waals surface area contributed by atoms with E-state index in [1.165, 1.54) is 6.08 Å². The van der Waals surface area contributed by atoms with Gasteiger partial charge in [-0.3, -0.25) is 4.79 Å². The van der Waals surface area contributed by atoms with Crippen molar-refractivity contribution in [2.45, 2.75) is 0 Å². The zero-order valence-corrected chi connectivity index (χ0v) is 12.8. The average Bonchev–Trinajstić information content (AvgIpc) is 2.51. The van der Waals surface area contributed by atoms with E-state index in [1.807, 2.05) is 0 Å². The third-order valence-electron chi connectivity index (χ3n) is 2.78. The zero-order chi connectivity index (χ0) is 15.2. The minimum atomic E-state index is -0.106. The monoisotopic (exact) mass is 321 g/mol. The molecule has 0 aliphatic heterocycles. The van der Waals surface area contributed by atoms with E-state index in [4.69, 9.17) is 27.9 Å². The van der Waals surface area contributed by atoms with Gasteiger partial charge in [-0.2, -0.15) is 0 Å². The van der Waals surface area contributed by atoms with E-state index in [0.717, 1.165) is 5.69 Å². The lowest BCUT2D eigenvalue weighted by atomic mass is 10.1. The van der Waals surface area contributed by atoms with Gasteiger partial charge in [-0.15, -0.1) is 0 Å². The van der Waals surface area contributed by atoms with E-state index in [2.05, 4.69) is 5.32 Å². The number of ether oxygens (including phenoxy) is 1. The highest BCUT2D eigenvalue weighted by Gasteiger charge is 2.02.